The Labute approximate surface area is 281 Å². The second-order valence-electron chi connectivity index (χ2n) is 11.6. The van der Waals surface area contributed by atoms with Crippen LogP contribution in [-0.4, -0.2) is 70.7 Å². The molecule has 0 saturated heterocycles. The number of pyridine rings is 1. The van der Waals surface area contributed by atoms with E-state index in [1.54, 1.807) is 58.2 Å². The summed E-state index contributed by atoms with van der Waals surface area (Å²) in [5, 5.41) is 20.7. The van der Waals surface area contributed by atoms with Gasteiger partial charge >= 0.3 is 6.09 Å². The van der Waals surface area contributed by atoms with Crippen molar-refractivity contribution in [1.29, 1.82) is 0 Å². The number of benzene rings is 2. The molecule has 5 N–H and O–H groups in total. The Morgan fingerprint density at radius 1 is 1.12 bits per heavy atom. The number of amides is 2. The molecule has 2 heterocycles. The monoisotopic (exact) mass is 674 g/mol. The fourth-order valence-electron chi connectivity index (χ4n) is 4.78. The number of nitro groups is 1. The Kier molecular flexibility index (Phi) is 11.4. The molecule has 0 aliphatic rings. The van der Waals surface area contributed by atoms with Crippen LogP contribution in [0.4, 0.5) is 27.8 Å². The SMILES string of the molecule is CNc1nc2cc(C=O)cc(OC)c2n1C/C=C/CNc1c(OCCc2ccc(NC(=O)OC(C)(C)C)cn2)cc(C(N)=O)cc1[N+](=O)[O-]. The van der Waals surface area contributed by atoms with Gasteiger partial charge in [0.15, 0.2) is 5.69 Å². The first-order valence-corrected chi connectivity index (χ1v) is 15.1. The number of primary amides is 1. The number of nitrogens with two attached hydrogens (primary N) is 1. The zero-order valence-electron chi connectivity index (χ0n) is 27.7. The maximum Gasteiger partial charge on any atom is 0.412 e. The van der Waals surface area contributed by atoms with Crippen molar-refractivity contribution in [2.24, 2.45) is 5.73 Å². The number of nitrogens with one attached hydrogen (secondary N) is 3. The molecule has 0 bridgehead atoms. The van der Waals surface area contributed by atoms with Gasteiger partial charge in [0.25, 0.3) is 5.69 Å². The molecule has 0 spiro atoms. The van der Waals surface area contributed by atoms with E-state index in [9.17, 15) is 24.5 Å². The molecule has 0 fully saturated rings. The van der Waals surface area contributed by atoms with Crippen molar-refractivity contribution in [2.45, 2.75) is 39.3 Å². The van der Waals surface area contributed by atoms with Crippen LogP contribution in [0.2, 0.25) is 0 Å². The molecule has 16 heteroatoms. The summed E-state index contributed by atoms with van der Waals surface area (Å²) in [6.07, 6.45) is 5.50. The molecule has 4 rings (SSSR count). The summed E-state index contributed by atoms with van der Waals surface area (Å²) in [5.41, 5.74) is 7.16. The third-order valence-corrected chi connectivity index (χ3v) is 6.91. The Balaban J connectivity index is 1.47. The van der Waals surface area contributed by atoms with E-state index < -0.39 is 22.5 Å². The van der Waals surface area contributed by atoms with Crippen molar-refractivity contribution in [3.8, 4) is 11.5 Å². The Morgan fingerprint density at radius 3 is 2.51 bits per heavy atom. The number of allylic oxidation sites excluding steroid dienone is 1. The van der Waals surface area contributed by atoms with E-state index in [4.69, 9.17) is 19.9 Å². The second-order valence-corrected chi connectivity index (χ2v) is 11.6. The van der Waals surface area contributed by atoms with Crippen LogP contribution in [0.3, 0.4) is 0 Å². The van der Waals surface area contributed by atoms with Crippen LogP contribution < -0.4 is 31.2 Å². The highest BCUT2D eigenvalue weighted by Gasteiger charge is 2.23. The summed E-state index contributed by atoms with van der Waals surface area (Å²) in [6, 6.07) is 9.09. The van der Waals surface area contributed by atoms with Crippen LogP contribution in [0.1, 0.15) is 47.2 Å². The number of methoxy groups -OCH3 is 1. The molecule has 0 radical (unpaired) electrons. The maximum absolute atomic E-state index is 12.0. The van der Waals surface area contributed by atoms with Gasteiger partial charge in [-0.25, -0.2) is 9.78 Å². The maximum atomic E-state index is 12.0. The normalized spacial score (nSPS) is 11.3. The van der Waals surface area contributed by atoms with Crippen molar-refractivity contribution >= 4 is 52.3 Å². The van der Waals surface area contributed by atoms with Gasteiger partial charge in [0.1, 0.15) is 28.9 Å². The molecule has 4 aromatic rings. The van der Waals surface area contributed by atoms with Gasteiger partial charge in [-0.05, 0) is 51.1 Å². The van der Waals surface area contributed by atoms with Crippen LogP contribution in [0.5, 0.6) is 11.5 Å². The number of hydrogen-bond donors (Lipinski definition) is 4. The lowest BCUT2D eigenvalue weighted by Crippen LogP contribution is -2.27. The minimum absolute atomic E-state index is 0.0594. The van der Waals surface area contributed by atoms with Crippen molar-refractivity contribution in [3.63, 3.8) is 0 Å². The first-order chi connectivity index (χ1) is 23.3. The quantitative estimate of drug-likeness (QED) is 0.0571. The Hall–Kier alpha value is -6.19. The Morgan fingerprint density at radius 2 is 1.90 bits per heavy atom. The number of rotatable bonds is 15. The minimum Gasteiger partial charge on any atom is -0.494 e. The van der Waals surface area contributed by atoms with Gasteiger partial charge < -0.3 is 35.1 Å². The first-order valence-electron chi connectivity index (χ1n) is 15.1. The molecule has 0 saturated carbocycles. The molecule has 2 aromatic carbocycles. The van der Waals surface area contributed by atoms with Crippen LogP contribution in [0.15, 0.2) is 54.7 Å². The summed E-state index contributed by atoms with van der Waals surface area (Å²) < 4.78 is 18.5. The lowest BCUT2D eigenvalue weighted by atomic mass is 10.1. The molecule has 258 valence electrons. The molecule has 0 aliphatic heterocycles. The number of hydrogen-bond acceptors (Lipinski definition) is 12. The van der Waals surface area contributed by atoms with Gasteiger partial charge in [0, 0.05) is 49.4 Å². The van der Waals surface area contributed by atoms with Crippen LogP contribution in [-0.2, 0) is 17.7 Å². The molecule has 2 aromatic heterocycles. The van der Waals surface area contributed by atoms with Crippen molar-refractivity contribution in [1.82, 2.24) is 14.5 Å². The van der Waals surface area contributed by atoms with E-state index in [1.807, 2.05) is 10.6 Å². The predicted octanol–water partition coefficient (Wildman–Crippen LogP) is 4.94. The van der Waals surface area contributed by atoms with Crippen LogP contribution in [0.25, 0.3) is 11.0 Å². The predicted molar refractivity (Wildman–Crippen MR) is 184 cm³/mol. The van der Waals surface area contributed by atoms with Gasteiger partial charge in [0.05, 0.1) is 36.0 Å². The third-order valence-electron chi connectivity index (χ3n) is 6.91. The van der Waals surface area contributed by atoms with E-state index in [1.165, 1.54) is 19.4 Å². The van der Waals surface area contributed by atoms with E-state index in [2.05, 4.69) is 25.9 Å². The van der Waals surface area contributed by atoms with E-state index >= 15 is 0 Å². The fourth-order valence-corrected chi connectivity index (χ4v) is 4.78. The van der Waals surface area contributed by atoms with Gasteiger partial charge in [-0.1, -0.05) is 12.2 Å². The van der Waals surface area contributed by atoms with Crippen molar-refractivity contribution < 1.29 is 33.5 Å². The molecule has 0 aliphatic carbocycles. The summed E-state index contributed by atoms with van der Waals surface area (Å²) >= 11 is 0. The number of nitrogens with zero attached hydrogens (tertiary/aromatic N) is 4. The molecular weight excluding hydrogens is 636 g/mol. The lowest BCUT2D eigenvalue weighted by molar-refractivity contribution is -0.384. The average Bonchev–Trinajstić information content (AvgIpc) is 3.41. The number of carbonyl (C=O) groups excluding carboxylic acids is 3. The van der Waals surface area contributed by atoms with Gasteiger partial charge in [-0.2, -0.15) is 0 Å². The average molecular weight is 675 g/mol. The van der Waals surface area contributed by atoms with Crippen molar-refractivity contribution in [2.75, 3.05) is 43.3 Å². The zero-order chi connectivity index (χ0) is 35.7. The van der Waals surface area contributed by atoms with Crippen LogP contribution >= 0.6 is 0 Å². The van der Waals surface area contributed by atoms with E-state index in [-0.39, 0.29) is 35.8 Å². The molecule has 0 atom stereocenters. The number of aldehydes is 1. The summed E-state index contributed by atoms with van der Waals surface area (Å²) in [4.78, 5) is 55.6. The number of imidazole rings is 1. The summed E-state index contributed by atoms with van der Waals surface area (Å²) in [7, 11) is 3.23. The van der Waals surface area contributed by atoms with Gasteiger partial charge in [0.2, 0.25) is 11.9 Å². The second kappa shape index (κ2) is 15.6. The summed E-state index contributed by atoms with van der Waals surface area (Å²) in [6.45, 7) is 5.85. The van der Waals surface area contributed by atoms with Crippen LogP contribution in [0, 0.1) is 10.1 Å². The third kappa shape index (κ3) is 9.21. The smallest absolute Gasteiger partial charge is 0.412 e. The minimum atomic E-state index is -0.849. The molecule has 49 heavy (non-hydrogen) atoms. The molecular formula is C33H38N8O8. The number of ether oxygens (including phenoxy) is 3. The Bertz CT molecular complexity index is 1880. The molecule has 2 amide bonds. The number of fused-ring (bicyclic) bond motifs is 1. The van der Waals surface area contributed by atoms with Gasteiger partial charge in [-0.3, -0.25) is 30.0 Å². The number of carbonyl (C=O) groups is 3. The van der Waals surface area contributed by atoms with Gasteiger partial charge in [-0.15, -0.1) is 0 Å². The van der Waals surface area contributed by atoms with Crippen molar-refractivity contribution in [3.05, 3.63) is 81.7 Å². The zero-order valence-corrected chi connectivity index (χ0v) is 27.7. The lowest BCUT2D eigenvalue weighted by Gasteiger charge is -2.19. The molecule has 16 nitrogen and oxygen atoms in total. The number of anilines is 3. The molecule has 0 unspecified atom stereocenters. The first kappa shape index (κ1) is 35.7. The highest BCUT2D eigenvalue weighted by atomic mass is 16.6. The fraction of sp³-hybridized carbons (Fsp3) is 0.303. The number of nitro benzene ring substituents is 1. The largest absolute Gasteiger partial charge is 0.494 e. The number of aromatic nitrogens is 3. The highest BCUT2D eigenvalue weighted by molar-refractivity contribution is 5.96. The van der Waals surface area contributed by atoms with E-state index in [0.717, 1.165) is 12.4 Å². The highest BCUT2D eigenvalue weighted by Crippen LogP contribution is 2.36. The van der Waals surface area contributed by atoms with E-state index in [0.29, 0.717) is 52.6 Å². The standard InChI is InChI=1S/C33H38N8O8/c1-33(2,3)49-32(44)38-23-9-8-22(37-18-23)10-13-48-26-17-21(30(34)43)16-25(41(45)46)28(26)36-11-6-7-12-40-29-24(39-31(40)35-4)14-20(19-42)15-27(29)47-5/h6-9,14-19,36H,10-13H2,1-5H3,(H2,34,43)(H,35,39)(H,38,44)/b7-6+. The summed E-state index contributed by atoms with van der Waals surface area (Å²) in [5.74, 6) is 0.243. The topological polar surface area (TPSA) is 215 Å².